The summed E-state index contributed by atoms with van der Waals surface area (Å²) in [7, 11) is 1.78. The third kappa shape index (κ3) is 2.41. The Labute approximate surface area is 144 Å². The lowest BCUT2D eigenvalue weighted by Crippen LogP contribution is -2.20. The molecule has 2 heterocycles. The first-order valence-corrected chi connectivity index (χ1v) is 8.17. The van der Waals surface area contributed by atoms with E-state index in [0.29, 0.717) is 29.2 Å². The Hall–Kier alpha value is -2.53. The average Bonchev–Trinajstić information content (AvgIpc) is 3.23. The molecule has 0 amide bonds. The lowest BCUT2D eigenvalue weighted by Gasteiger charge is -2.21. The zero-order valence-corrected chi connectivity index (χ0v) is 13.9. The molecule has 1 aromatic carbocycles. The molecular weight excluding hydrogens is 326 g/mol. The van der Waals surface area contributed by atoms with Crippen molar-refractivity contribution < 1.29 is 9.21 Å². The highest BCUT2D eigenvalue weighted by Gasteiger charge is 2.34. The molecule has 0 radical (unpaired) electrons. The molecule has 0 saturated heterocycles. The molecule has 5 nitrogen and oxygen atoms in total. The van der Waals surface area contributed by atoms with Gasteiger partial charge in [0.15, 0.2) is 11.6 Å². The van der Waals surface area contributed by atoms with Gasteiger partial charge in [0.2, 0.25) is 0 Å². The Kier molecular flexibility index (Phi) is 3.65. The quantitative estimate of drug-likeness (QED) is 0.780. The van der Waals surface area contributed by atoms with Crippen molar-refractivity contribution in [1.82, 2.24) is 9.78 Å². The minimum Gasteiger partial charge on any atom is -0.469 e. The van der Waals surface area contributed by atoms with Crippen LogP contribution in [-0.4, -0.2) is 22.6 Å². The van der Waals surface area contributed by atoms with Crippen LogP contribution in [0.4, 0.5) is 5.82 Å². The van der Waals surface area contributed by atoms with E-state index in [1.54, 1.807) is 13.3 Å². The number of halogens is 1. The zero-order valence-electron chi connectivity index (χ0n) is 13.1. The Bertz CT molecular complexity index is 882. The fraction of sp³-hybridized carbons (Fsp3) is 0.222. The first kappa shape index (κ1) is 15.0. The van der Waals surface area contributed by atoms with E-state index in [9.17, 15) is 4.79 Å². The summed E-state index contributed by atoms with van der Waals surface area (Å²) >= 11 is 5.98. The van der Waals surface area contributed by atoms with Crippen LogP contribution < -0.4 is 5.32 Å². The highest BCUT2D eigenvalue weighted by molar-refractivity contribution is 6.30. The normalized spacial score (nSPS) is 16.9. The van der Waals surface area contributed by atoms with Crippen LogP contribution >= 0.6 is 11.6 Å². The predicted molar refractivity (Wildman–Crippen MR) is 92.2 cm³/mol. The Morgan fingerprint density at radius 1 is 1.25 bits per heavy atom. The lowest BCUT2D eigenvalue weighted by atomic mass is 9.85. The molecule has 4 rings (SSSR count). The van der Waals surface area contributed by atoms with Gasteiger partial charge in [-0.15, -0.1) is 5.10 Å². The second-order valence-corrected chi connectivity index (χ2v) is 6.29. The van der Waals surface area contributed by atoms with Gasteiger partial charge in [-0.3, -0.25) is 4.79 Å². The molecular formula is C18H16ClN3O2. The van der Waals surface area contributed by atoms with Gasteiger partial charge < -0.3 is 9.73 Å². The van der Waals surface area contributed by atoms with E-state index in [4.69, 9.17) is 16.0 Å². The number of rotatable bonds is 3. The molecule has 24 heavy (non-hydrogen) atoms. The molecule has 122 valence electrons. The zero-order chi connectivity index (χ0) is 16.7. The summed E-state index contributed by atoms with van der Waals surface area (Å²) in [5.41, 5.74) is 2.46. The van der Waals surface area contributed by atoms with Crippen molar-refractivity contribution in [3.63, 3.8) is 0 Å². The average molecular weight is 342 g/mol. The third-order valence-electron chi connectivity index (χ3n) is 4.38. The van der Waals surface area contributed by atoms with Crippen molar-refractivity contribution in [2.24, 2.45) is 0 Å². The molecule has 0 aliphatic heterocycles. The molecule has 0 fully saturated rings. The molecule has 3 aromatic rings. The van der Waals surface area contributed by atoms with Gasteiger partial charge in [0.05, 0.1) is 23.2 Å². The maximum Gasteiger partial charge on any atom is 0.169 e. The second-order valence-electron chi connectivity index (χ2n) is 5.85. The lowest BCUT2D eigenvalue weighted by molar-refractivity contribution is 0.0960. The van der Waals surface area contributed by atoms with Crippen molar-refractivity contribution in [1.29, 1.82) is 0 Å². The SMILES string of the molecule is CNc1nn(-c2ccc(Cl)cc2)c2c1C(=O)C[C@H](c1ccco1)C2. The van der Waals surface area contributed by atoms with E-state index < -0.39 is 0 Å². The maximum absolute atomic E-state index is 12.7. The van der Waals surface area contributed by atoms with Crippen LogP contribution in [0.5, 0.6) is 0 Å². The fourth-order valence-corrected chi connectivity index (χ4v) is 3.39. The van der Waals surface area contributed by atoms with Crippen molar-refractivity contribution in [3.8, 4) is 5.69 Å². The van der Waals surface area contributed by atoms with E-state index in [1.165, 1.54) is 0 Å². The van der Waals surface area contributed by atoms with Crippen LogP contribution in [0.15, 0.2) is 47.1 Å². The number of anilines is 1. The van der Waals surface area contributed by atoms with Crippen molar-refractivity contribution >= 4 is 23.2 Å². The van der Waals surface area contributed by atoms with E-state index in [-0.39, 0.29) is 11.7 Å². The van der Waals surface area contributed by atoms with Gasteiger partial charge in [0.25, 0.3) is 0 Å². The van der Waals surface area contributed by atoms with E-state index in [0.717, 1.165) is 17.1 Å². The molecule has 0 bridgehead atoms. The summed E-state index contributed by atoms with van der Waals surface area (Å²) in [5, 5.41) is 8.29. The highest BCUT2D eigenvalue weighted by Crippen LogP contribution is 2.37. The summed E-state index contributed by atoms with van der Waals surface area (Å²) in [6.07, 6.45) is 2.78. The van der Waals surface area contributed by atoms with Crippen LogP contribution in [0.3, 0.4) is 0 Å². The smallest absolute Gasteiger partial charge is 0.169 e. The minimum atomic E-state index is 0.0347. The van der Waals surface area contributed by atoms with Crippen LogP contribution in [0.25, 0.3) is 5.69 Å². The number of fused-ring (bicyclic) bond motifs is 1. The van der Waals surface area contributed by atoms with Crippen LogP contribution in [0, 0.1) is 0 Å². The Morgan fingerprint density at radius 3 is 2.71 bits per heavy atom. The number of furan rings is 1. The van der Waals surface area contributed by atoms with Crippen LogP contribution in [0.1, 0.15) is 34.2 Å². The van der Waals surface area contributed by atoms with Crippen molar-refractivity contribution in [3.05, 3.63) is 64.7 Å². The standard InChI is InChI=1S/C18H16ClN3O2/c1-20-18-17-14(22(21-18)13-6-4-12(19)5-7-13)9-11(10-15(17)23)16-3-2-8-24-16/h2-8,11H,9-10H2,1H3,(H,20,21)/t11-/m1/s1. The van der Waals surface area contributed by atoms with Gasteiger partial charge in [-0.1, -0.05) is 11.6 Å². The molecule has 0 saturated carbocycles. The molecule has 1 aliphatic rings. The molecule has 1 aliphatic carbocycles. The number of Topliss-reactive ketones (excluding diaryl/α,β-unsaturated/α-hetero) is 1. The van der Waals surface area contributed by atoms with E-state index >= 15 is 0 Å². The number of ketones is 1. The predicted octanol–water partition coefficient (Wildman–Crippen LogP) is 4.07. The minimum absolute atomic E-state index is 0.0347. The summed E-state index contributed by atoms with van der Waals surface area (Å²) < 4.78 is 7.34. The van der Waals surface area contributed by atoms with Crippen molar-refractivity contribution in [2.75, 3.05) is 12.4 Å². The summed E-state index contributed by atoms with van der Waals surface area (Å²) in [5.74, 6) is 1.57. The number of hydrogen-bond donors (Lipinski definition) is 1. The maximum atomic E-state index is 12.7. The third-order valence-corrected chi connectivity index (χ3v) is 4.64. The molecule has 1 N–H and O–H groups in total. The summed E-state index contributed by atoms with van der Waals surface area (Å²) in [6, 6.07) is 11.2. The second kappa shape index (κ2) is 5.83. The molecule has 6 heteroatoms. The Morgan fingerprint density at radius 2 is 2.04 bits per heavy atom. The van der Waals surface area contributed by atoms with E-state index in [2.05, 4.69) is 10.4 Å². The van der Waals surface area contributed by atoms with Gasteiger partial charge in [0.1, 0.15) is 5.76 Å². The summed E-state index contributed by atoms with van der Waals surface area (Å²) in [6.45, 7) is 0. The van der Waals surface area contributed by atoms with Crippen molar-refractivity contribution in [2.45, 2.75) is 18.8 Å². The van der Waals surface area contributed by atoms with Crippen LogP contribution in [-0.2, 0) is 6.42 Å². The highest BCUT2D eigenvalue weighted by atomic mass is 35.5. The number of nitrogens with one attached hydrogen (secondary N) is 1. The molecule has 0 spiro atoms. The summed E-state index contributed by atoms with van der Waals surface area (Å²) in [4.78, 5) is 12.7. The number of carbonyl (C=O) groups is 1. The van der Waals surface area contributed by atoms with Gasteiger partial charge in [-0.05, 0) is 36.4 Å². The largest absolute Gasteiger partial charge is 0.469 e. The topological polar surface area (TPSA) is 60.1 Å². The van der Waals surface area contributed by atoms with E-state index in [1.807, 2.05) is 41.1 Å². The number of carbonyl (C=O) groups excluding carboxylic acids is 1. The number of nitrogens with zero attached hydrogens (tertiary/aromatic N) is 2. The van der Waals surface area contributed by atoms with Gasteiger partial charge in [-0.25, -0.2) is 4.68 Å². The number of benzene rings is 1. The Balaban J connectivity index is 1.83. The molecule has 1 atom stereocenters. The van der Waals surface area contributed by atoms with Crippen LogP contribution in [0.2, 0.25) is 5.02 Å². The fourth-order valence-electron chi connectivity index (χ4n) is 3.26. The van der Waals surface area contributed by atoms with Gasteiger partial charge in [0, 0.05) is 30.8 Å². The van der Waals surface area contributed by atoms with Gasteiger partial charge >= 0.3 is 0 Å². The molecule has 0 unspecified atom stereocenters. The number of hydrogen-bond acceptors (Lipinski definition) is 4. The number of aromatic nitrogens is 2. The molecule has 2 aromatic heterocycles. The first-order chi connectivity index (χ1) is 11.7. The van der Waals surface area contributed by atoms with Gasteiger partial charge in [-0.2, -0.15) is 0 Å². The first-order valence-electron chi connectivity index (χ1n) is 7.79. The monoisotopic (exact) mass is 341 g/mol.